The number of carbonyl (C=O) groups is 5. The number of hydrogen-bond acceptors (Lipinski definition) is 13. The molecule has 13 nitrogen and oxygen atoms in total. The number of carbonyl (C=O) groups excluding carboxylic acids is 5. The average molecular weight is 911 g/mol. The third-order valence-corrected chi connectivity index (χ3v) is 11.9. The Bertz CT molecular complexity index is 1980. The number of ether oxygens (including phenoxy) is 8. The normalized spacial score (nSPS) is 17.9. The maximum absolute atomic E-state index is 13.0. The van der Waals surface area contributed by atoms with Crippen molar-refractivity contribution in [1.29, 1.82) is 0 Å². The molecular formula is C53H66O13. The summed E-state index contributed by atoms with van der Waals surface area (Å²) in [6, 6.07) is 19.8. The monoisotopic (exact) mass is 910 g/mol. The van der Waals surface area contributed by atoms with E-state index in [1.165, 1.54) is 0 Å². The Morgan fingerprint density at radius 2 is 0.985 bits per heavy atom. The Labute approximate surface area is 389 Å². The van der Waals surface area contributed by atoms with Gasteiger partial charge in [0.25, 0.3) is 0 Å². The minimum atomic E-state index is -0.403. The first kappa shape index (κ1) is 51.0. The van der Waals surface area contributed by atoms with Crippen LogP contribution in [0.5, 0.6) is 28.7 Å². The molecule has 0 saturated heterocycles. The minimum Gasteiger partial charge on any atom is -0.494 e. The van der Waals surface area contributed by atoms with E-state index in [0.717, 1.165) is 107 Å². The van der Waals surface area contributed by atoms with Gasteiger partial charge in [-0.05, 0) is 168 Å². The lowest BCUT2D eigenvalue weighted by molar-refractivity contribution is -0.141. The molecule has 356 valence electrons. The van der Waals surface area contributed by atoms with Gasteiger partial charge in [0.05, 0.1) is 57.0 Å². The lowest BCUT2D eigenvalue weighted by Gasteiger charge is -2.27. The lowest BCUT2D eigenvalue weighted by atomic mass is 9.82. The fourth-order valence-electron chi connectivity index (χ4n) is 7.93. The minimum absolute atomic E-state index is 0.167. The molecule has 2 aliphatic carbocycles. The van der Waals surface area contributed by atoms with E-state index < -0.39 is 11.9 Å². The topological polar surface area (TPSA) is 159 Å². The van der Waals surface area contributed by atoms with E-state index in [9.17, 15) is 24.0 Å². The van der Waals surface area contributed by atoms with Gasteiger partial charge >= 0.3 is 23.9 Å². The third-order valence-electron chi connectivity index (χ3n) is 11.9. The third kappa shape index (κ3) is 18.5. The molecule has 0 aliphatic heterocycles. The molecule has 0 heterocycles. The Kier molecular flexibility index (Phi) is 22.3. The van der Waals surface area contributed by atoms with Gasteiger partial charge in [0.15, 0.2) is 6.29 Å². The number of benzene rings is 3. The molecule has 0 unspecified atom stereocenters. The van der Waals surface area contributed by atoms with Gasteiger partial charge in [-0.2, -0.15) is 0 Å². The molecule has 0 amide bonds. The van der Waals surface area contributed by atoms with Crippen LogP contribution in [-0.4, -0.2) is 69.8 Å². The molecule has 2 aliphatic rings. The molecule has 0 bridgehead atoms. The van der Waals surface area contributed by atoms with E-state index in [-0.39, 0.29) is 35.6 Å². The second-order valence-electron chi connectivity index (χ2n) is 17.0. The predicted octanol–water partition coefficient (Wildman–Crippen LogP) is 10.2. The molecule has 0 N–H and O–H groups in total. The summed E-state index contributed by atoms with van der Waals surface area (Å²) in [7, 11) is 0. The Morgan fingerprint density at radius 3 is 1.53 bits per heavy atom. The van der Waals surface area contributed by atoms with Crippen LogP contribution in [0.15, 0.2) is 92.0 Å². The van der Waals surface area contributed by atoms with E-state index in [1.54, 1.807) is 48.5 Å². The summed E-state index contributed by atoms with van der Waals surface area (Å²) >= 11 is 0. The van der Waals surface area contributed by atoms with Crippen molar-refractivity contribution in [3.8, 4) is 28.7 Å². The first-order valence-corrected chi connectivity index (χ1v) is 23.5. The summed E-state index contributed by atoms with van der Waals surface area (Å²) in [5.41, 5.74) is 1.41. The van der Waals surface area contributed by atoms with Gasteiger partial charge in [0, 0.05) is 18.8 Å². The van der Waals surface area contributed by atoms with E-state index >= 15 is 0 Å². The second-order valence-corrected chi connectivity index (χ2v) is 17.0. The Morgan fingerprint density at radius 1 is 0.515 bits per heavy atom. The largest absolute Gasteiger partial charge is 0.494 e. The van der Waals surface area contributed by atoms with Gasteiger partial charge in [0.2, 0.25) is 0 Å². The highest BCUT2D eigenvalue weighted by molar-refractivity contribution is 5.81. The summed E-state index contributed by atoms with van der Waals surface area (Å²) in [6.07, 6.45) is 15.4. The maximum Gasteiger partial charge on any atom is 0.330 e. The molecule has 0 atom stereocenters. The molecule has 0 radical (unpaired) electrons. The van der Waals surface area contributed by atoms with E-state index in [4.69, 9.17) is 37.9 Å². The number of hydrogen-bond donors (Lipinski definition) is 0. The van der Waals surface area contributed by atoms with Gasteiger partial charge in [-0.25, -0.2) is 9.59 Å². The predicted molar refractivity (Wildman–Crippen MR) is 248 cm³/mol. The SMILES string of the molecule is C=CC(=O)OCCCCCCOc1ccc(OC(=O)C2CCC(COc3ccc(OCC4CCC(C(=O)Oc5ccc(COCCCCCOC(=O)C=C)cc5)CC4)cc3C=O)CC2)cc1. The van der Waals surface area contributed by atoms with Crippen LogP contribution >= 0.6 is 0 Å². The smallest absolute Gasteiger partial charge is 0.330 e. The van der Waals surface area contributed by atoms with Crippen LogP contribution in [0.3, 0.4) is 0 Å². The molecule has 3 aromatic carbocycles. The van der Waals surface area contributed by atoms with Crippen LogP contribution in [0.2, 0.25) is 0 Å². The number of unbranched alkanes of at least 4 members (excludes halogenated alkanes) is 5. The van der Waals surface area contributed by atoms with Crippen molar-refractivity contribution < 1.29 is 61.9 Å². The highest BCUT2D eigenvalue weighted by Crippen LogP contribution is 2.34. The van der Waals surface area contributed by atoms with Crippen molar-refractivity contribution in [3.05, 3.63) is 103 Å². The van der Waals surface area contributed by atoms with Crippen molar-refractivity contribution >= 4 is 30.2 Å². The maximum atomic E-state index is 13.0. The highest BCUT2D eigenvalue weighted by atomic mass is 16.5. The van der Waals surface area contributed by atoms with E-state index in [0.29, 0.717) is 93.4 Å². The standard InChI is InChI=1S/C53H66O13/c1-3-50(55)61-32-10-6-5-9-31-60-45-24-26-47(27-25-45)66-53(58)43-20-14-41(15-21-43)38-64-49-29-28-48(34-44(49)35-54)63-37-40-12-18-42(19-13-40)52(57)65-46-22-16-39(17-23-46)36-59-30-8-7-11-33-62-51(56)4-2/h3-4,16-17,22-29,34-35,40-43H,1-2,5-15,18-21,30-33,36-38H2. The number of aldehydes is 1. The van der Waals surface area contributed by atoms with Crippen LogP contribution in [0, 0.1) is 23.7 Å². The van der Waals surface area contributed by atoms with Crippen LogP contribution in [0.25, 0.3) is 0 Å². The van der Waals surface area contributed by atoms with Crippen LogP contribution in [-0.2, 0) is 40.0 Å². The quantitative estimate of drug-likeness (QED) is 0.0213. The van der Waals surface area contributed by atoms with Crippen molar-refractivity contribution in [3.63, 3.8) is 0 Å². The molecule has 5 rings (SSSR count). The van der Waals surface area contributed by atoms with Crippen molar-refractivity contribution in [2.75, 3.05) is 39.6 Å². The Hall–Kier alpha value is -5.95. The second kappa shape index (κ2) is 28.8. The summed E-state index contributed by atoms with van der Waals surface area (Å²) in [5.74, 6) is 1.75. The molecule has 66 heavy (non-hydrogen) atoms. The zero-order valence-corrected chi connectivity index (χ0v) is 38.2. The van der Waals surface area contributed by atoms with Gasteiger partial charge in [-0.1, -0.05) is 25.3 Å². The number of rotatable bonds is 29. The molecule has 3 aromatic rings. The van der Waals surface area contributed by atoms with Gasteiger partial charge in [-0.15, -0.1) is 0 Å². The Balaban J connectivity index is 0.909. The lowest BCUT2D eigenvalue weighted by Crippen LogP contribution is -2.28. The van der Waals surface area contributed by atoms with E-state index in [1.807, 2.05) is 18.2 Å². The molecule has 0 spiro atoms. The summed E-state index contributed by atoms with van der Waals surface area (Å²) in [5, 5.41) is 0. The average Bonchev–Trinajstić information content (AvgIpc) is 3.35. The van der Waals surface area contributed by atoms with E-state index in [2.05, 4.69) is 13.2 Å². The zero-order valence-electron chi connectivity index (χ0n) is 38.2. The first-order valence-electron chi connectivity index (χ1n) is 23.5. The van der Waals surface area contributed by atoms with Gasteiger partial charge < -0.3 is 37.9 Å². The highest BCUT2D eigenvalue weighted by Gasteiger charge is 2.30. The van der Waals surface area contributed by atoms with Crippen molar-refractivity contribution in [1.82, 2.24) is 0 Å². The van der Waals surface area contributed by atoms with Crippen molar-refractivity contribution in [2.24, 2.45) is 23.7 Å². The molecule has 2 saturated carbocycles. The number of esters is 4. The molecule has 2 fully saturated rings. The summed E-state index contributed by atoms with van der Waals surface area (Å²) < 4.78 is 45.1. The van der Waals surface area contributed by atoms with Crippen LogP contribution < -0.4 is 23.7 Å². The van der Waals surface area contributed by atoms with Gasteiger partial charge in [0.1, 0.15) is 28.7 Å². The van der Waals surface area contributed by atoms with Crippen LogP contribution in [0.1, 0.15) is 112 Å². The van der Waals surface area contributed by atoms with Crippen LogP contribution in [0.4, 0.5) is 0 Å². The molecule has 0 aromatic heterocycles. The molecular weight excluding hydrogens is 845 g/mol. The summed E-state index contributed by atoms with van der Waals surface area (Å²) in [6.45, 7) is 10.1. The zero-order chi connectivity index (χ0) is 46.8. The van der Waals surface area contributed by atoms with Gasteiger partial charge in [-0.3, -0.25) is 14.4 Å². The first-order chi connectivity index (χ1) is 32.2. The fourth-order valence-corrected chi connectivity index (χ4v) is 7.93. The summed E-state index contributed by atoms with van der Waals surface area (Å²) in [4.78, 5) is 60.1. The fraction of sp³-hybridized carbons (Fsp3) is 0.491. The van der Waals surface area contributed by atoms with Crippen molar-refractivity contribution in [2.45, 2.75) is 103 Å². The molecule has 13 heteroatoms.